The highest BCUT2D eigenvalue weighted by Crippen LogP contribution is 2.34. The first-order valence-electron chi connectivity index (χ1n) is 4.68. The van der Waals surface area contributed by atoms with E-state index in [0.29, 0.717) is 12.5 Å². The third-order valence-corrected chi connectivity index (χ3v) is 4.05. The van der Waals surface area contributed by atoms with E-state index in [-0.39, 0.29) is 10.7 Å². The summed E-state index contributed by atoms with van der Waals surface area (Å²) >= 11 is 1.03. The van der Waals surface area contributed by atoms with Gasteiger partial charge in [-0.3, -0.25) is 4.31 Å². The molecule has 1 fully saturated rings. The first-order valence-corrected chi connectivity index (χ1v) is 6.69. The van der Waals surface area contributed by atoms with Crippen molar-refractivity contribution in [2.75, 3.05) is 10.8 Å². The fourth-order valence-electron chi connectivity index (χ4n) is 1.34. The molecule has 6 nitrogen and oxygen atoms in total. The van der Waals surface area contributed by atoms with Gasteiger partial charge in [-0.05, 0) is 18.8 Å². The predicted octanol–water partition coefficient (Wildman–Crippen LogP) is 0.584. The highest BCUT2D eigenvalue weighted by Gasteiger charge is 2.29. The Morgan fingerprint density at radius 1 is 1.62 bits per heavy atom. The number of rotatable bonds is 5. The van der Waals surface area contributed by atoms with Crippen LogP contribution >= 0.6 is 11.3 Å². The summed E-state index contributed by atoms with van der Waals surface area (Å²) in [5.74, 6) is -0.842. The Morgan fingerprint density at radius 2 is 2.31 bits per heavy atom. The van der Waals surface area contributed by atoms with Crippen LogP contribution in [-0.4, -0.2) is 31.0 Å². The van der Waals surface area contributed by atoms with Crippen LogP contribution in [0.1, 0.15) is 23.3 Å². The Morgan fingerprint density at radius 3 is 2.81 bits per heavy atom. The zero-order valence-electron chi connectivity index (χ0n) is 8.20. The Kier molecular flexibility index (Phi) is 3.10. The summed E-state index contributed by atoms with van der Waals surface area (Å²) in [6.07, 6.45) is 2.00. The average molecular weight is 262 g/mol. The molecule has 1 heterocycles. The van der Waals surface area contributed by atoms with E-state index in [4.69, 9.17) is 5.11 Å². The van der Waals surface area contributed by atoms with Crippen molar-refractivity contribution in [2.24, 2.45) is 5.92 Å². The van der Waals surface area contributed by atoms with Crippen LogP contribution in [0.2, 0.25) is 0 Å². The van der Waals surface area contributed by atoms with E-state index in [9.17, 15) is 13.2 Å². The van der Waals surface area contributed by atoms with Gasteiger partial charge in [0.05, 0.1) is 5.51 Å². The number of carboxylic acid groups (broad SMARTS) is 1. The van der Waals surface area contributed by atoms with Gasteiger partial charge in [0.2, 0.25) is 10.9 Å². The quantitative estimate of drug-likeness (QED) is 0.758. The van der Waals surface area contributed by atoms with Crippen molar-refractivity contribution in [2.45, 2.75) is 12.8 Å². The van der Waals surface area contributed by atoms with Crippen LogP contribution < -0.4 is 4.31 Å². The second kappa shape index (κ2) is 4.38. The number of thiol groups is 1. The number of aromatic carboxylic acids is 1. The number of anilines is 1. The van der Waals surface area contributed by atoms with Crippen molar-refractivity contribution in [1.82, 2.24) is 4.98 Å². The summed E-state index contributed by atoms with van der Waals surface area (Å²) in [5, 5.41) is 9.06. The monoisotopic (exact) mass is 262 g/mol. The van der Waals surface area contributed by atoms with E-state index in [0.717, 1.165) is 28.5 Å². The Hall–Kier alpha value is -1.15. The van der Waals surface area contributed by atoms with Crippen molar-refractivity contribution < 1.29 is 18.3 Å². The smallest absolute Gasteiger partial charge is 0.357 e. The van der Waals surface area contributed by atoms with Gasteiger partial charge >= 0.3 is 5.97 Å². The molecule has 0 amide bonds. The summed E-state index contributed by atoms with van der Waals surface area (Å²) in [4.78, 5) is 14.5. The van der Waals surface area contributed by atoms with E-state index in [1.807, 2.05) is 0 Å². The fourth-order valence-corrected chi connectivity index (χ4v) is 2.99. The SMILES string of the molecule is O=C(O)c1ncsc1N(CC1CC1)[SH](=O)=O. The second-order valence-electron chi connectivity index (χ2n) is 3.57. The number of hydrogen-bond donors (Lipinski definition) is 2. The minimum Gasteiger partial charge on any atom is -0.476 e. The summed E-state index contributed by atoms with van der Waals surface area (Å²) in [6.45, 7) is 0.362. The van der Waals surface area contributed by atoms with Crippen LogP contribution in [0, 0.1) is 5.92 Å². The fraction of sp³-hybridized carbons (Fsp3) is 0.500. The van der Waals surface area contributed by atoms with E-state index >= 15 is 0 Å². The molecule has 1 aliphatic carbocycles. The summed E-state index contributed by atoms with van der Waals surface area (Å²) < 4.78 is 23.3. The van der Waals surface area contributed by atoms with Crippen LogP contribution in [0.3, 0.4) is 0 Å². The number of hydrogen-bond acceptors (Lipinski definition) is 5. The highest BCUT2D eigenvalue weighted by molar-refractivity contribution is 7.74. The second-order valence-corrected chi connectivity index (χ2v) is 5.37. The predicted molar refractivity (Wildman–Crippen MR) is 59.5 cm³/mol. The first kappa shape index (κ1) is 11.3. The van der Waals surface area contributed by atoms with Gasteiger partial charge in [-0.15, -0.1) is 11.3 Å². The highest BCUT2D eigenvalue weighted by atomic mass is 32.2. The Labute approximate surface area is 97.6 Å². The largest absolute Gasteiger partial charge is 0.476 e. The van der Waals surface area contributed by atoms with Crippen LogP contribution in [0.15, 0.2) is 5.51 Å². The lowest BCUT2D eigenvalue weighted by atomic mass is 10.4. The molecule has 1 aromatic rings. The molecule has 2 rings (SSSR count). The minimum atomic E-state index is -2.81. The van der Waals surface area contributed by atoms with Gasteiger partial charge in [-0.2, -0.15) is 0 Å². The maximum atomic E-state index is 11.1. The van der Waals surface area contributed by atoms with Crippen LogP contribution in [0.4, 0.5) is 5.00 Å². The van der Waals surface area contributed by atoms with Crippen molar-refractivity contribution in [3.8, 4) is 0 Å². The molecule has 1 N–H and O–H groups in total. The molecule has 1 aromatic heterocycles. The van der Waals surface area contributed by atoms with Crippen LogP contribution in [-0.2, 0) is 10.9 Å². The van der Waals surface area contributed by atoms with E-state index in [2.05, 4.69) is 4.98 Å². The molecule has 1 aliphatic rings. The van der Waals surface area contributed by atoms with E-state index in [1.54, 1.807) is 0 Å². The Bertz CT molecular complexity index is 470. The molecule has 0 unspecified atom stereocenters. The topological polar surface area (TPSA) is 87.6 Å². The third-order valence-electron chi connectivity index (χ3n) is 2.31. The normalized spacial score (nSPS) is 15.3. The standard InChI is InChI=1S/C8H10N2O4S2/c11-8(12)6-7(15-4-9-6)10(16(13)14)3-5-1-2-5/h4-5,16H,1-3H2,(H,11,12). The molecule has 0 atom stereocenters. The lowest BCUT2D eigenvalue weighted by molar-refractivity contribution is 0.0692. The maximum absolute atomic E-state index is 11.1. The zero-order valence-corrected chi connectivity index (χ0v) is 9.91. The number of thiazole rings is 1. The summed E-state index contributed by atoms with van der Waals surface area (Å²) in [5.41, 5.74) is 1.15. The molecule has 88 valence electrons. The molecule has 0 saturated heterocycles. The van der Waals surface area contributed by atoms with Gasteiger partial charge in [0.15, 0.2) is 5.69 Å². The van der Waals surface area contributed by atoms with Gasteiger partial charge < -0.3 is 5.11 Å². The van der Waals surface area contributed by atoms with Gasteiger partial charge in [-0.25, -0.2) is 18.2 Å². The molecule has 0 spiro atoms. The third kappa shape index (κ3) is 2.33. The lowest BCUT2D eigenvalue weighted by Gasteiger charge is -2.15. The minimum absolute atomic E-state index is 0.190. The maximum Gasteiger partial charge on any atom is 0.357 e. The van der Waals surface area contributed by atoms with Crippen molar-refractivity contribution >= 4 is 33.2 Å². The van der Waals surface area contributed by atoms with Gasteiger partial charge in [0, 0.05) is 6.54 Å². The van der Waals surface area contributed by atoms with Crippen molar-refractivity contribution in [3.05, 3.63) is 11.2 Å². The van der Waals surface area contributed by atoms with E-state index < -0.39 is 16.9 Å². The van der Waals surface area contributed by atoms with E-state index in [1.165, 1.54) is 5.51 Å². The van der Waals surface area contributed by atoms with Crippen molar-refractivity contribution in [1.29, 1.82) is 0 Å². The molecule has 16 heavy (non-hydrogen) atoms. The molecule has 0 aliphatic heterocycles. The molecule has 0 aromatic carbocycles. The van der Waals surface area contributed by atoms with Crippen LogP contribution in [0.5, 0.6) is 0 Å². The van der Waals surface area contributed by atoms with Gasteiger partial charge in [0.25, 0.3) is 0 Å². The summed E-state index contributed by atoms with van der Waals surface area (Å²) in [7, 11) is -2.81. The van der Waals surface area contributed by atoms with Crippen LogP contribution in [0.25, 0.3) is 0 Å². The summed E-state index contributed by atoms with van der Waals surface area (Å²) in [6, 6.07) is 0. The molecular weight excluding hydrogens is 252 g/mol. The average Bonchev–Trinajstić information content (AvgIpc) is 2.89. The molecule has 0 bridgehead atoms. The lowest BCUT2D eigenvalue weighted by Crippen LogP contribution is -2.24. The number of nitrogens with zero attached hydrogens (tertiary/aromatic N) is 2. The molecule has 8 heteroatoms. The first-order chi connectivity index (χ1) is 7.59. The van der Waals surface area contributed by atoms with Gasteiger partial charge in [0.1, 0.15) is 5.00 Å². The number of carboxylic acids is 1. The molecule has 0 radical (unpaired) electrons. The molecule has 1 saturated carbocycles. The Balaban J connectivity index is 2.29. The molecular formula is C8H10N2O4S2. The number of aromatic nitrogens is 1. The van der Waals surface area contributed by atoms with Gasteiger partial charge in [-0.1, -0.05) is 0 Å². The van der Waals surface area contributed by atoms with Crippen molar-refractivity contribution in [3.63, 3.8) is 0 Å². The zero-order chi connectivity index (χ0) is 11.7. The number of carbonyl (C=O) groups is 1.